The van der Waals surface area contributed by atoms with Crippen LogP contribution in [0, 0.1) is 0 Å². The summed E-state index contributed by atoms with van der Waals surface area (Å²) in [7, 11) is 0. The Hall–Kier alpha value is -2.38. The van der Waals surface area contributed by atoms with Gasteiger partial charge in [-0.2, -0.15) is 23.3 Å². The van der Waals surface area contributed by atoms with Crippen LogP contribution in [-0.2, 0) is 6.18 Å². The number of rotatable bonds is 7. The van der Waals surface area contributed by atoms with Gasteiger partial charge in [0.15, 0.2) is 5.82 Å². The Kier molecular flexibility index (Phi) is 5.72. The van der Waals surface area contributed by atoms with Crippen molar-refractivity contribution in [2.45, 2.75) is 32.4 Å². The Labute approximate surface area is 132 Å². The molecule has 0 spiro atoms. The van der Waals surface area contributed by atoms with Crippen LogP contribution in [0.3, 0.4) is 0 Å². The third kappa shape index (κ3) is 5.08. The van der Waals surface area contributed by atoms with E-state index in [4.69, 9.17) is 0 Å². The number of nitrogens with one attached hydrogen (secondary N) is 2. The molecule has 1 aromatic heterocycles. The van der Waals surface area contributed by atoms with Gasteiger partial charge in [-0.1, -0.05) is 31.9 Å². The molecule has 124 valence electrons. The molecular weight excluding hydrogens is 307 g/mol. The van der Waals surface area contributed by atoms with E-state index in [0.29, 0.717) is 5.82 Å². The molecule has 8 heteroatoms. The number of hydrogen-bond donors (Lipinski definition) is 2. The number of benzene rings is 1. The van der Waals surface area contributed by atoms with Crippen molar-refractivity contribution in [1.29, 1.82) is 0 Å². The maximum atomic E-state index is 13.0. The van der Waals surface area contributed by atoms with Crippen molar-refractivity contribution in [1.82, 2.24) is 15.2 Å². The normalized spacial score (nSPS) is 11.3. The topological polar surface area (TPSA) is 62.7 Å². The van der Waals surface area contributed by atoms with E-state index in [-0.39, 0.29) is 11.6 Å². The van der Waals surface area contributed by atoms with E-state index in [1.165, 1.54) is 24.4 Å². The molecule has 0 unspecified atom stereocenters. The van der Waals surface area contributed by atoms with Gasteiger partial charge in [0.2, 0.25) is 5.95 Å². The molecule has 23 heavy (non-hydrogen) atoms. The Bertz CT molecular complexity index is 631. The third-order valence-corrected chi connectivity index (χ3v) is 3.12. The molecule has 0 saturated carbocycles. The lowest BCUT2D eigenvalue weighted by Gasteiger charge is -2.13. The largest absolute Gasteiger partial charge is 0.418 e. The zero-order valence-electron chi connectivity index (χ0n) is 12.7. The van der Waals surface area contributed by atoms with E-state index < -0.39 is 11.7 Å². The summed E-state index contributed by atoms with van der Waals surface area (Å²) in [6, 6.07) is 5.17. The van der Waals surface area contributed by atoms with Gasteiger partial charge < -0.3 is 10.6 Å². The van der Waals surface area contributed by atoms with Crippen LogP contribution in [0.4, 0.5) is 30.6 Å². The second-order valence-electron chi connectivity index (χ2n) is 4.97. The Balaban J connectivity index is 2.09. The highest BCUT2D eigenvalue weighted by molar-refractivity contribution is 5.59. The first-order chi connectivity index (χ1) is 11.0. The van der Waals surface area contributed by atoms with Crippen LogP contribution in [0.25, 0.3) is 0 Å². The fourth-order valence-electron chi connectivity index (χ4n) is 1.99. The molecule has 5 nitrogen and oxygen atoms in total. The van der Waals surface area contributed by atoms with Crippen molar-refractivity contribution in [2.24, 2.45) is 0 Å². The average molecular weight is 325 g/mol. The predicted octanol–water partition coefficient (Wildman–Crippen LogP) is 4.24. The molecule has 0 aliphatic carbocycles. The SMILES string of the molecule is CCCCCNc1cnnc(Nc2ccccc2C(F)(F)F)n1. The molecule has 0 aliphatic rings. The summed E-state index contributed by atoms with van der Waals surface area (Å²) in [6.45, 7) is 2.83. The smallest absolute Gasteiger partial charge is 0.369 e. The van der Waals surface area contributed by atoms with Gasteiger partial charge in [-0.25, -0.2) is 0 Å². The monoisotopic (exact) mass is 325 g/mol. The molecule has 0 atom stereocenters. The van der Waals surface area contributed by atoms with Crippen LogP contribution >= 0.6 is 0 Å². The molecule has 0 radical (unpaired) electrons. The Morgan fingerprint density at radius 2 is 1.91 bits per heavy atom. The summed E-state index contributed by atoms with van der Waals surface area (Å²) in [5.41, 5.74) is -0.880. The van der Waals surface area contributed by atoms with Crippen LogP contribution in [0.2, 0.25) is 0 Å². The van der Waals surface area contributed by atoms with E-state index in [0.717, 1.165) is 31.9 Å². The zero-order chi connectivity index (χ0) is 16.7. The summed E-state index contributed by atoms with van der Waals surface area (Å²) in [5, 5.41) is 13.1. The lowest BCUT2D eigenvalue weighted by Crippen LogP contribution is -2.11. The highest BCUT2D eigenvalue weighted by Crippen LogP contribution is 2.35. The molecule has 0 fully saturated rings. The van der Waals surface area contributed by atoms with Crippen LogP contribution in [0.15, 0.2) is 30.5 Å². The van der Waals surface area contributed by atoms with Crippen LogP contribution in [-0.4, -0.2) is 21.7 Å². The Morgan fingerprint density at radius 1 is 1.13 bits per heavy atom. The molecule has 0 saturated heterocycles. The lowest BCUT2D eigenvalue weighted by molar-refractivity contribution is -0.136. The second kappa shape index (κ2) is 7.75. The number of anilines is 3. The van der Waals surface area contributed by atoms with Gasteiger partial charge >= 0.3 is 6.18 Å². The summed E-state index contributed by atoms with van der Waals surface area (Å²) in [4.78, 5) is 4.13. The highest BCUT2D eigenvalue weighted by atomic mass is 19.4. The van der Waals surface area contributed by atoms with E-state index in [1.807, 2.05) is 0 Å². The molecule has 2 rings (SSSR count). The fourth-order valence-corrected chi connectivity index (χ4v) is 1.99. The predicted molar refractivity (Wildman–Crippen MR) is 82.6 cm³/mol. The van der Waals surface area contributed by atoms with Gasteiger partial charge in [0.1, 0.15) is 0 Å². The minimum absolute atomic E-state index is 0.0159. The van der Waals surface area contributed by atoms with E-state index in [9.17, 15) is 13.2 Å². The maximum Gasteiger partial charge on any atom is 0.418 e. The summed E-state index contributed by atoms with van der Waals surface area (Å²) >= 11 is 0. The molecule has 0 aliphatic heterocycles. The number of nitrogens with zero attached hydrogens (tertiary/aromatic N) is 3. The molecule has 1 aromatic carbocycles. The van der Waals surface area contributed by atoms with E-state index in [2.05, 4.69) is 32.7 Å². The number of aromatic nitrogens is 3. The standard InChI is InChI=1S/C15H18F3N5/c1-2-3-6-9-19-13-10-20-23-14(22-13)21-12-8-5-4-7-11(12)15(16,17)18/h4-5,7-8,10H,2-3,6,9H2,1H3,(H2,19,21,22,23). The number of halogens is 3. The molecule has 2 N–H and O–H groups in total. The Morgan fingerprint density at radius 3 is 2.65 bits per heavy atom. The van der Waals surface area contributed by atoms with Gasteiger partial charge in [0.05, 0.1) is 17.4 Å². The van der Waals surface area contributed by atoms with Crippen molar-refractivity contribution in [3.05, 3.63) is 36.0 Å². The third-order valence-electron chi connectivity index (χ3n) is 3.12. The van der Waals surface area contributed by atoms with Crippen LogP contribution < -0.4 is 10.6 Å². The van der Waals surface area contributed by atoms with Crippen molar-refractivity contribution in [3.63, 3.8) is 0 Å². The highest BCUT2D eigenvalue weighted by Gasteiger charge is 2.33. The number of para-hydroxylation sites is 1. The van der Waals surface area contributed by atoms with Crippen LogP contribution in [0.5, 0.6) is 0 Å². The average Bonchev–Trinajstić information content (AvgIpc) is 2.51. The maximum absolute atomic E-state index is 13.0. The molecule has 2 aromatic rings. The van der Waals surface area contributed by atoms with Gasteiger partial charge in [-0.15, -0.1) is 5.10 Å². The number of alkyl halides is 3. The second-order valence-corrected chi connectivity index (χ2v) is 4.97. The van der Waals surface area contributed by atoms with Crippen molar-refractivity contribution < 1.29 is 13.2 Å². The molecule has 0 amide bonds. The summed E-state index contributed by atoms with van der Waals surface area (Å²) in [6.07, 6.45) is 0.167. The minimum atomic E-state index is -4.45. The van der Waals surface area contributed by atoms with Crippen molar-refractivity contribution >= 4 is 17.5 Å². The molecular formula is C15H18F3N5. The quantitative estimate of drug-likeness (QED) is 0.746. The first-order valence-electron chi connectivity index (χ1n) is 7.37. The lowest BCUT2D eigenvalue weighted by atomic mass is 10.1. The van der Waals surface area contributed by atoms with E-state index >= 15 is 0 Å². The van der Waals surface area contributed by atoms with Crippen LogP contribution in [0.1, 0.15) is 31.7 Å². The first-order valence-corrected chi connectivity index (χ1v) is 7.37. The van der Waals surface area contributed by atoms with Gasteiger partial charge in [0.25, 0.3) is 0 Å². The fraction of sp³-hybridized carbons (Fsp3) is 0.400. The summed E-state index contributed by atoms with van der Waals surface area (Å²) < 4.78 is 38.9. The van der Waals surface area contributed by atoms with Gasteiger partial charge in [0, 0.05) is 6.54 Å². The zero-order valence-corrected chi connectivity index (χ0v) is 12.7. The number of hydrogen-bond acceptors (Lipinski definition) is 5. The van der Waals surface area contributed by atoms with Crippen molar-refractivity contribution in [3.8, 4) is 0 Å². The van der Waals surface area contributed by atoms with E-state index in [1.54, 1.807) is 0 Å². The minimum Gasteiger partial charge on any atom is -0.369 e. The number of unbranched alkanes of at least 4 members (excludes halogenated alkanes) is 2. The van der Waals surface area contributed by atoms with Crippen molar-refractivity contribution in [2.75, 3.05) is 17.2 Å². The molecule has 0 bridgehead atoms. The molecule has 1 heterocycles. The van der Waals surface area contributed by atoms with Gasteiger partial charge in [-0.3, -0.25) is 0 Å². The summed E-state index contributed by atoms with van der Waals surface area (Å²) in [5.74, 6) is 0.491. The van der Waals surface area contributed by atoms with Gasteiger partial charge in [-0.05, 0) is 18.6 Å². The first kappa shape index (κ1) is 17.0.